The lowest BCUT2D eigenvalue weighted by atomic mass is 10.1. The van der Waals surface area contributed by atoms with Gasteiger partial charge in [-0.05, 0) is 56.9 Å². The smallest absolute Gasteiger partial charge is 0.115 e. The molecule has 0 bridgehead atoms. The summed E-state index contributed by atoms with van der Waals surface area (Å²) >= 11 is 11.7. The average molecular weight is 386 g/mol. The Kier molecular flexibility index (Phi) is 4.69. The minimum atomic E-state index is 0.0914. The van der Waals surface area contributed by atoms with Crippen molar-refractivity contribution in [2.45, 2.75) is 45.2 Å². The van der Waals surface area contributed by atoms with Crippen LogP contribution in [0.1, 0.15) is 47.5 Å². The van der Waals surface area contributed by atoms with Crippen LogP contribution in [-0.2, 0) is 12.8 Å². The molecule has 1 aromatic heterocycles. The van der Waals surface area contributed by atoms with Gasteiger partial charge < -0.3 is 5.32 Å². The van der Waals surface area contributed by atoms with Crippen molar-refractivity contribution in [1.29, 1.82) is 0 Å². The van der Waals surface area contributed by atoms with Crippen LogP contribution in [0, 0.1) is 0 Å². The van der Waals surface area contributed by atoms with Crippen molar-refractivity contribution < 1.29 is 0 Å². The fraction of sp³-hybridized carbons (Fsp3) is 0.438. The van der Waals surface area contributed by atoms with Crippen LogP contribution in [0.15, 0.2) is 22.7 Å². The van der Waals surface area contributed by atoms with E-state index >= 15 is 0 Å². The predicted octanol–water partition coefficient (Wildman–Crippen LogP) is 5.14. The highest BCUT2D eigenvalue weighted by atomic mass is 79.9. The van der Waals surface area contributed by atoms with E-state index in [0.717, 1.165) is 26.5 Å². The lowest BCUT2D eigenvalue weighted by Gasteiger charge is -2.21. The van der Waals surface area contributed by atoms with Gasteiger partial charge in [0.05, 0.1) is 11.7 Å². The van der Waals surface area contributed by atoms with Crippen molar-refractivity contribution in [3.8, 4) is 0 Å². The molecule has 1 unspecified atom stereocenters. The molecule has 1 N–H and O–H groups in total. The first-order chi connectivity index (χ1) is 10.0. The maximum atomic E-state index is 6.19. The SMILES string of the molecule is CC(C)NC(c1nc2c(s1)CCC2)c1cc(Cl)ccc1Br. The van der Waals surface area contributed by atoms with Crippen molar-refractivity contribution in [2.75, 3.05) is 0 Å². The highest BCUT2D eigenvalue weighted by Gasteiger charge is 2.25. The van der Waals surface area contributed by atoms with E-state index < -0.39 is 0 Å². The highest BCUT2D eigenvalue weighted by molar-refractivity contribution is 9.10. The Morgan fingerprint density at radius 3 is 2.86 bits per heavy atom. The van der Waals surface area contributed by atoms with Crippen LogP contribution in [0.25, 0.3) is 0 Å². The van der Waals surface area contributed by atoms with Gasteiger partial charge in [0.15, 0.2) is 0 Å². The fourth-order valence-corrected chi connectivity index (χ4v) is 4.59. The largest absolute Gasteiger partial charge is 0.302 e. The first-order valence-corrected chi connectivity index (χ1v) is 9.23. The topological polar surface area (TPSA) is 24.9 Å². The number of hydrogen-bond acceptors (Lipinski definition) is 3. The van der Waals surface area contributed by atoms with Gasteiger partial charge in [0, 0.05) is 20.4 Å². The van der Waals surface area contributed by atoms with E-state index in [0.29, 0.717) is 6.04 Å². The van der Waals surface area contributed by atoms with Gasteiger partial charge in [-0.15, -0.1) is 11.3 Å². The third-order valence-corrected chi connectivity index (χ3v) is 5.81. The molecular formula is C16H18BrClN2S. The number of thiazole rings is 1. The number of aromatic nitrogens is 1. The molecule has 0 radical (unpaired) electrons. The van der Waals surface area contributed by atoms with Gasteiger partial charge in [-0.2, -0.15) is 0 Å². The van der Waals surface area contributed by atoms with Crippen molar-refractivity contribution in [3.63, 3.8) is 0 Å². The van der Waals surface area contributed by atoms with Crippen LogP contribution >= 0.6 is 38.9 Å². The second-order valence-corrected chi connectivity index (χ2v) is 8.10. The molecule has 1 heterocycles. The Balaban J connectivity index is 2.02. The molecule has 2 nitrogen and oxygen atoms in total. The summed E-state index contributed by atoms with van der Waals surface area (Å²) in [6, 6.07) is 6.41. The number of aryl methyl sites for hydroxylation is 2. The van der Waals surface area contributed by atoms with E-state index in [2.05, 4.69) is 35.1 Å². The maximum absolute atomic E-state index is 6.19. The molecule has 5 heteroatoms. The Hall–Kier alpha value is -0.420. The van der Waals surface area contributed by atoms with Crippen LogP contribution in [0.4, 0.5) is 0 Å². The molecule has 0 spiro atoms. The van der Waals surface area contributed by atoms with Crippen molar-refractivity contribution in [3.05, 3.63) is 48.8 Å². The van der Waals surface area contributed by atoms with Gasteiger partial charge in [0.25, 0.3) is 0 Å². The van der Waals surface area contributed by atoms with E-state index in [9.17, 15) is 0 Å². The minimum Gasteiger partial charge on any atom is -0.302 e. The van der Waals surface area contributed by atoms with Crippen LogP contribution in [0.5, 0.6) is 0 Å². The van der Waals surface area contributed by atoms with Crippen molar-refractivity contribution in [1.82, 2.24) is 10.3 Å². The van der Waals surface area contributed by atoms with Gasteiger partial charge in [-0.3, -0.25) is 0 Å². The summed E-state index contributed by atoms with van der Waals surface area (Å²) in [6.45, 7) is 4.32. The summed E-state index contributed by atoms with van der Waals surface area (Å²) in [5.41, 5.74) is 2.45. The van der Waals surface area contributed by atoms with Gasteiger partial charge in [-0.25, -0.2) is 4.98 Å². The molecule has 2 aromatic rings. The van der Waals surface area contributed by atoms with Crippen molar-refractivity contribution in [2.24, 2.45) is 0 Å². The zero-order valence-electron chi connectivity index (χ0n) is 12.1. The second kappa shape index (κ2) is 6.37. The van der Waals surface area contributed by atoms with E-state index in [1.165, 1.54) is 23.4 Å². The Labute approximate surface area is 143 Å². The summed E-state index contributed by atoms with van der Waals surface area (Å²) in [7, 11) is 0. The zero-order valence-corrected chi connectivity index (χ0v) is 15.3. The summed E-state index contributed by atoms with van der Waals surface area (Å²) in [6.07, 6.45) is 3.55. The van der Waals surface area contributed by atoms with E-state index in [4.69, 9.17) is 16.6 Å². The number of fused-ring (bicyclic) bond motifs is 1. The molecule has 0 amide bonds. The predicted molar refractivity (Wildman–Crippen MR) is 93.4 cm³/mol. The molecule has 1 aliphatic carbocycles. The lowest BCUT2D eigenvalue weighted by Crippen LogP contribution is -2.29. The summed E-state index contributed by atoms with van der Waals surface area (Å²) in [5, 5.41) is 5.54. The monoisotopic (exact) mass is 384 g/mol. The third-order valence-electron chi connectivity index (χ3n) is 3.63. The lowest BCUT2D eigenvalue weighted by molar-refractivity contribution is 0.525. The van der Waals surface area contributed by atoms with Crippen LogP contribution < -0.4 is 5.32 Å². The Bertz CT molecular complexity index is 632. The average Bonchev–Trinajstić information content (AvgIpc) is 2.99. The molecular weight excluding hydrogens is 368 g/mol. The van der Waals surface area contributed by atoms with Gasteiger partial charge in [0.1, 0.15) is 5.01 Å². The van der Waals surface area contributed by atoms with Crippen LogP contribution in [-0.4, -0.2) is 11.0 Å². The second-order valence-electron chi connectivity index (χ2n) is 5.70. The Morgan fingerprint density at radius 2 is 2.14 bits per heavy atom. The van der Waals surface area contributed by atoms with Crippen LogP contribution in [0.2, 0.25) is 5.02 Å². The molecule has 1 aromatic carbocycles. The third kappa shape index (κ3) is 3.34. The molecule has 112 valence electrons. The highest BCUT2D eigenvalue weighted by Crippen LogP contribution is 2.36. The van der Waals surface area contributed by atoms with E-state index in [-0.39, 0.29) is 6.04 Å². The number of hydrogen-bond donors (Lipinski definition) is 1. The van der Waals surface area contributed by atoms with Gasteiger partial charge >= 0.3 is 0 Å². The Morgan fingerprint density at radius 1 is 1.33 bits per heavy atom. The molecule has 1 atom stereocenters. The molecule has 21 heavy (non-hydrogen) atoms. The normalized spacial score (nSPS) is 15.5. The molecule has 0 fully saturated rings. The fourth-order valence-electron chi connectivity index (χ4n) is 2.70. The summed E-state index contributed by atoms with van der Waals surface area (Å²) < 4.78 is 1.07. The first-order valence-electron chi connectivity index (χ1n) is 7.24. The first kappa shape index (κ1) is 15.5. The van der Waals surface area contributed by atoms with E-state index in [1.54, 1.807) is 0 Å². The van der Waals surface area contributed by atoms with Crippen molar-refractivity contribution >= 4 is 38.9 Å². The molecule has 0 saturated carbocycles. The van der Waals surface area contributed by atoms with Gasteiger partial charge in [0.2, 0.25) is 0 Å². The number of nitrogens with one attached hydrogen (secondary N) is 1. The maximum Gasteiger partial charge on any atom is 0.115 e. The quantitative estimate of drug-likeness (QED) is 0.788. The molecule has 1 aliphatic rings. The summed E-state index contributed by atoms with van der Waals surface area (Å²) in [4.78, 5) is 6.34. The molecule has 0 aliphatic heterocycles. The minimum absolute atomic E-state index is 0.0914. The number of halogens is 2. The van der Waals surface area contributed by atoms with E-state index in [1.807, 2.05) is 29.5 Å². The number of benzene rings is 1. The molecule has 0 saturated heterocycles. The van der Waals surface area contributed by atoms with Crippen LogP contribution in [0.3, 0.4) is 0 Å². The summed E-state index contributed by atoms with van der Waals surface area (Å²) in [5.74, 6) is 0. The van der Waals surface area contributed by atoms with Gasteiger partial charge in [-0.1, -0.05) is 27.5 Å². The number of nitrogens with zero attached hydrogens (tertiary/aromatic N) is 1. The number of rotatable bonds is 4. The molecule has 3 rings (SSSR count). The zero-order chi connectivity index (χ0) is 15.0. The standard InChI is InChI=1S/C16H18BrClN2S/c1-9(2)19-15(11-8-10(18)6-7-12(11)17)16-20-13-4-3-5-14(13)21-16/h6-9,15,19H,3-5H2,1-2H3.